The molecule has 35 heavy (non-hydrogen) atoms. The van der Waals surface area contributed by atoms with Crippen LogP contribution in [-0.2, 0) is 16.1 Å². The van der Waals surface area contributed by atoms with Crippen LogP contribution in [-0.4, -0.2) is 28.6 Å². The zero-order chi connectivity index (χ0) is 24.9. The quantitative estimate of drug-likeness (QED) is 0.423. The molecular formula is C28H26N2O4S. The van der Waals surface area contributed by atoms with Crippen molar-refractivity contribution >= 4 is 40.6 Å². The Hall–Kier alpha value is -3.84. The van der Waals surface area contributed by atoms with Crippen LogP contribution in [0, 0.1) is 20.8 Å². The van der Waals surface area contributed by atoms with Gasteiger partial charge in [0, 0.05) is 5.69 Å². The van der Waals surface area contributed by atoms with Crippen molar-refractivity contribution in [3.63, 3.8) is 0 Å². The average Bonchev–Trinajstić information content (AvgIpc) is 3.08. The summed E-state index contributed by atoms with van der Waals surface area (Å²) in [4.78, 5) is 39.1. The third-order valence-corrected chi connectivity index (χ3v) is 6.42. The molecule has 3 aromatic carbocycles. The lowest BCUT2D eigenvalue weighted by atomic mass is 10.1. The van der Waals surface area contributed by atoms with Crippen LogP contribution in [0.15, 0.2) is 71.6 Å². The highest BCUT2D eigenvalue weighted by Crippen LogP contribution is 2.33. The van der Waals surface area contributed by atoms with Gasteiger partial charge in [-0.1, -0.05) is 54.1 Å². The smallest absolute Gasteiger partial charge is 0.293 e. The number of carbonyl (C=O) groups excluding carboxylic acids is 3. The van der Waals surface area contributed by atoms with E-state index in [9.17, 15) is 14.4 Å². The zero-order valence-electron chi connectivity index (χ0n) is 19.8. The van der Waals surface area contributed by atoms with Crippen LogP contribution in [0.4, 0.5) is 10.5 Å². The summed E-state index contributed by atoms with van der Waals surface area (Å²) < 4.78 is 5.60. The fourth-order valence-electron chi connectivity index (χ4n) is 3.65. The second-order valence-electron chi connectivity index (χ2n) is 8.48. The first-order chi connectivity index (χ1) is 16.8. The molecule has 3 aromatic rings. The van der Waals surface area contributed by atoms with Crippen molar-refractivity contribution in [3.05, 3.63) is 99.5 Å². The van der Waals surface area contributed by atoms with E-state index in [1.165, 1.54) is 4.90 Å². The normalized spacial score (nSPS) is 14.5. The second-order valence-corrected chi connectivity index (χ2v) is 9.47. The standard InChI is InChI=1S/C28H26N2O4S/c1-18-5-4-6-22(13-18)16-30-27(32)25(35-28(30)33)15-21-9-11-23(12-10-21)34-17-26(31)29-24-14-19(2)7-8-20(24)3/h4-15H,16-17H2,1-3H3,(H,29,31)/b25-15-. The van der Waals surface area contributed by atoms with Gasteiger partial charge in [-0.3, -0.25) is 19.3 Å². The van der Waals surface area contributed by atoms with Gasteiger partial charge in [0.2, 0.25) is 0 Å². The fraction of sp³-hybridized carbons (Fsp3) is 0.179. The SMILES string of the molecule is Cc1cccc(CN2C(=O)S/C(=C\c3ccc(OCC(=O)Nc4cc(C)ccc4C)cc3)C2=O)c1. The fourth-order valence-corrected chi connectivity index (χ4v) is 4.48. The highest BCUT2D eigenvalue weighted by Gasteiger charge is 2.34. The first-order valence-corrected chi connectivity index (χ1v) is 12.0. The van der Waals surface area contributed by atoms with E-state index in [1.54, 1.807) is 30.3 Å². The second kappa shape index (κ2) is 10.6. The Morgan fingerprint density at radius 3 is 2.46 bits per heavy atom. The van der Waals surface area contributed by atoms with Gasteiger partial charge in [0.1, 0.15) is 5.75 Å². The van der Waals surface area contributed by atoms with Gasteiger partial charge in [-0.05, 0) is 79.1 Å². The number of rotatable bonds is 7. The van der Waals surface area contributed by atoms with Crippen LogP contribution in [0.25, 0.3) is 6.08 Å². The van der Waals surface area contributed by atoms with Gasteiger partial charge in [0.15, 0.2) is 6.61 Å². The summed E-state index contributed by atoms with van der Waals surface area (Å²) >= 11 is 0.936. The summed E-state index contributed by atoms with van der Waals surface area (Å²) in [7, 11) is 0. The molecule has 3 amide bonds. The number of thioether (sulfide) groups is 1. The Labute approximate surface area is 209 Å². The van der Waals surface area contributed by atoms with E-state index in [2.05, 4.69) is 5.32 Å². The van der Waals surface area contributed by atoms with Crippen LogP contribution in [0.5, 0.6) is 5.75 Å². The molecule has 1 heterocycles. The zero-order valence-corrected chi connectivity index (χ0v) is 20.6. The van der Waals surface area contributed by atoms with Gasteiger partial charge in [-0.2, -0.15) is 0 Å². The largest absolute Gasteiger partial charge is 0.484 e. The van der Waals surface area contributed by atoms with Crippen molar-refractivity contribution < 1.29 is 19.1 Å². The molecule has 1 N–H and O–H groups in total. The van der Waals surface area contributed by atoms with Gasteiger partial charge < -0.3 is 10.1 Å². The third kappa shape index (κ3) is 6.19. The number of nitrogens with one attached hydrogen (secondary N) is 1. The number of nitrogens with zero attached hydrogens (tertiary/aromatic N) is 1. The van der Waals surface area contributed by atoms with Crippen molar-refractivity contribution in [3.8, 4) is 5.75 Å². The predicted octanol–water partition coefficient (Wildman–Crippen LogP) is 5.87. The molecule has 7 heteroatoms. The molecule has 0 unspecified atom stereocenters. The molecular weight excluding hydrogens is 460 g/mol. The first-order valence-electron chi connectivity index (χ1n) is 11.2. The molecule has 0 bridgehead atoms. The van der Waals surface area contributed by atoms with Crippen LogP contribution >= 0.6 is 11.8 Å². The maximum Gasteiger partial charge on any atom is 0.293 e. The monoisotopic (exact) mass is 486 g/mol. The van der Waals surface area contributed by atoms with E-state index >= 15 is 0 Å². The van der Waals surface area contributed by atoms with E-state index < -0.39 is 0 Å². The Bertz CT molecular complexity index is 1310. The molecule has 0 saturated carbocycles. The van der Waals surface area contributed by atoms with Gasteiger partial charge in [-0.25, -0.2) is 0 Å². The summed E-state index contributed by atoms with van der Waals surface area (Å²) in [6, 6.07) is 20.7. The third-order valence-electron chi connectivity index (χ3n) is 5.51. The molecule has 1 aliphatic rings. The molecule has 6 nitrogen and oxygen atoms in total. The van der Waals surface area contributed by atoms with Crippen LogP contribution in [0.1, 0.15) is 27.8 Å². The number of amides is 3. The summed E-state index contributed by atoms with van der Waals surface area (Å²) in [6.07, 6.45) is 1.69. The average molecular weight is 487 g/mol. The molecule has 1 aliphatic heterocycles. The lowest BCUT2D eigenvalue weighted by Crippen LogP contribution is -2.27. The van der Waals surface area contributed by atoms with Gasteiger partial charge in [0.05, 0.1) is 11.4 Å². The van der Waals surface area contributed by atoms with E-state index in [0.717, 1.165) is 45.3 Å². The van der Waals surface area contributed by atoms with Crippen molar-refractivity contribution in [1.29, 1.82) is 0 Å². The van der Waals surface area contributed by atoms with Crippen molar-refractivity contribution in [1.82, 2.24) is 4.90 Å². The Kier molecular flexibility index (Phi) is 7.36. The van der Waals surface area contributed by atoms with Crippen LogP contribution in [0.2, 0.25) is 0 Å². The number of anilines is 1. The Morgan fingerprint density at radius 1 is 0.971 bits per heavy atom. The van der Waals surface area contributed by atoms with E-state index in [-0.39, 0.29) is 30.2 Å². The summed E-state index contributed by atoms with van der Waals surface area (Å²) in [6.45, 7) is 6.01. The molecule has 0 atom stereocenters. The van der Waals surface area contributed by atoms with E-state index in [1.807, 2.05) is 63.2 Å². The molecule has 4 rings (SSSR count). The molecule has 0 aliphatic carbocycles. The Balaban J connectivity index is 1.35. The number of hydrogen-bond acceptors (Lipinski definition) is 5. The predicted molar refractivity (Wildman–Crippen MR) is 139 cm³/mol. The number of carbonyl (C=O) groups is 3. The molecule has 0 aromatic heterocycles. The topological polar surface area (TPSA) is 75.7 Å². The van der Waals surface area contributed by atoms with E-state index in [0.29, 0.717) is 10.7 Å². The summed E-state index contributed by atoms with van der Waals surface area (Å²) in [5.41, 5.74) is 5.57. The van der Waals surface area contributed by atoms with Crippen molar-refractivity contribution in [2.45, 2.75) is 27.3 Å². The number of hydrogen-bond donors (Lipinski definition) is 1. The minimum absolute atomic E-state index is 0.120. The molecule has 0 radical (unpaired) electrons. The minimum Gasteiger partial charge on any atom is -0.484 e. The number of aryl methyl sites for hydroxylation is 3. The number of imide groups is 1. The summed E-state index contributed by atoms with van der Waals surface area (Å²) in [5, 5.41) is 2.58. The lowest BCUT2D eigenvalue weighted by molar-refractivity contribution is -0.123. The lowest BCUT2D eigenvalue weighted by Gasteiger charge is -2.12. The molecule has 178 valence electrons. The van der Waals surface area contributed by atoms with Gasteiger partial charge >= 0.3 is 0 Å². The van der Waals surface area contributed by atoms with E-state index in [4.69, 9.17) is 4.74 Å². The highest BCUT2D eigenvalue weighted by molar-refractivity contribution is 8.18. The number of benzene rings is 3. The number of ether oxygens (including phenoxy) is 1. The maximum atomic E-state index is 12.8. The van der Waals surface area contributed by atoms with Crippen molar-refractivity contribution in [2.24, 2.45) is 0 Å². The minimum atomic E-state index is -0.301. The molecule has 1 saturated heterocycles. The van der Waals surface area contributed by atoms with Gasteiger partial charge in [-0.15, -0.1) is 0 Å². The van der Waals surface area contributed by atoms with Crippen LogP contribution < -0.4 is 10.1 Å². The van der Waals surface area contributed by atoms with Crippen LogP contribution in [0.3, 0.4) is 0 Å². The first kappa shape index (κ1) is 24.3. The Morgan fingerprint density at radius 2 is 1.71 bits per heavy atom. The maximum absolute atomic E-state index is 12.8. The van der Waals surface area contributed by atoms with Crippen molar-refractivity contribution in [2.75, 3.05) is 11.9 Å². The van der Waals surface area contributed by atoms with Gasteiger partial charge in [0.25, 0.3) is 17.1 Å². The molecule has 1 fully saturated rings. The highest BCUT2D eigenvalue weighted by atomic mass is 32.2. The summed E-state index contributed by atoms with van der Waals surface area (Å²) in [5.74, 6) is -0.0131. The molecule has 0 spiro atoms.